The van der Waals surface area contributed by atoms with Crippen molar-refractivity contribution in [1.29, 1.82) is 0 Å². The lowest BCUT2D eigenvalue weighted by Crippen LogP contribution is -2.25. The second kappa shape index (κ2) is 5.56. The summed E-state index contributed by atoms with van der Waals surface area (Å²) in [6.45, 7) is 0.549. The molecule has 0 unspecified atom stereocenters. The predicted molar refractivity (Wildman–Crippen MR) is 82.2 cm³/mol. The molecule has 7 heteroatoms. The number of nitrogen functional groups attached to an aromatic ring is 1. The topological polar surface area (TPSA) is 80.9 Å². The highest BCUT2D eigenvalue weighted by molar-refractivity contribution is 7.21. The third kappa shape index (κ3) is 2.50. The van der Waals surface area contributed by atoms with E-state index in [2.05, 4.69) is 15.3 Å². The molecule has 0 fully saturated rings. The summed E-state index contributed by atoms with van der Waals surface area (Å²) in [6.07, 6.45) is 4.19. The molecule has 0 radical (unpaired) electrons. The first-order valence-electron chi connectivity index (χ1n) is 6.05. The van der Waals surface area contributed by atoms with Gasteiger partial charge in [0.1, 0.15) is 9.71 Å². The molecule has 3 rings (SSSR count). The zero-order valence-electron chi connectivity index (χ0n) is 10.5. The van der Waals surface area contributed by atoms with Gasteiger partial charge in [-0.05, 0) is 12.1 Å². The molecule has 0 aliphatic heterocycles. The lowest BCUT2D eigenvalue weighted by atomic mass is 10.2. The average molecular weight is 304 g/mol. The summed E-state index contributed by atoms with van der Waals surface area (Å²) < 4.78 is 0. The minimum absolute atomic E-state index is 0.151. The van der Waals surface area contributed by atoms with E-state index in [9.17, 15) is 4.79 Å². The smallest absolute Gasteiger partial charge is 0.263 e. The number of fused-ring (bicyclic) bond motifs is 1. The Labute approximate surface area is 123 Å². The van der Waals surface area contributed by atoms with E-state index in [0.29, 0.717) is 17.1 Å². The van der Waals surface area contributed by atoms with Gasteiger partial charge in [0.15, 0.2) is 0 Å². The average Bonchev–Trinajstić information content (AvgIpc) is 3.08. The summed E-state index contributed by atoms with van der Waals surface area (Å²) in [5.41, 5.74) is 6.51. The molecule has 0 aliphatic rings. The fourth-order valence-electron chi connectivity index (χ4n) is 1.86. The highest BCUT2D eigenvalue weighted by atomic mass is 32.1. The van der Waals surface area contributed by atoms with E-state index in [1.807, 2.05) is 17.5 Å². The van der Waals surface area contributed by atoms with Gasteiger partial charge in [0.05, 0.1) is 10.7 Å². The number of anilines is 1. The number of thiazole rings is 1. The number of aromatic nitrogens is 2. The van der Waals surface area contributed by atoms with Gasteiger partial charge >= 0.3 is 0 Å². The maximum absolute atomic E-state index is 12.1. The van der Waals surface area contributed by atoms with E-state index in [1.54, 1.807) is 23.7 Å². The number of hydrogen-bond acceptors (Lipinski definition) is 6. The van der Waals surface area contributed by atoms with Gasteiger partial charge in [-0.3, -0.25) is 4.79 Å². The quantitative estimate of drug-likeness (QED) is 0.775. The Hall–Kier alpha value is -1.99. The molecule has 0 atom stereocenters. The van der Waals surface area contributed by atoms with Crippen molar-refractivity contribution < 1.29 is 4.79 Å². The number of hydrogen-bond donors (Lipinski definition) is 2. The van der Waals surface area contributed by atoms with E-state index >= 15 is 0 Å². The van der Waals surface area contributed by atoms with Crippen molar-refractivity contribution in [2.45, 2.75) is 6.42 Å². The van der Waals surface area contributed by atoms with Gasteiger partial charge in [-0.15, -0.1) is 22.7 Å². The van der Waals surface area contributed by atoms with E-state index in [0.717, 1.165) is 21.6 Å². The number of thiophene rings is 1. The number of carbonyl (C=O) groups is 1. The van der Waals surface area contributed by atoms with Crippen LogP contribution in [0.15, 0.2) is 29.9 Å². The molecule has 0 aliphatic carbocycles. The van der Waals surface area contributed by atoms with E-state index in [-0.39, 0.29) is 5.91 Å². The summed E-state index contributed by atoms with van der Waals surface area (Å²) in [7, 11) is 0. The highest BCUT2D eigenvalue weighted by Crippen LogP contribution is 2.31. The van der Waals surface area contributed by atoms with Crippen molar-refractivity contribution >= 4 is 44.5 Å². The van der Waals surface area contributed by atoms with Crippen molar-refractivity contribution in [2.75, 3.05) is 12.3 Å². The number of nitrogens with one attached hydrogen (secondary N) is 1. The molecule has 3 heterocycles. The first-order chi connectivity index (χ1) is 9.75. The second-order valence-corrected chi connectivity index (χ2v) is 6.11. The maximum Gasteiger partial charge on any atom is 0.263 e. The number of nitrogens with zero attached hydrogens (tertiary/aromatic N) is 2. The van der Waals surface area contributed by atoms with Gasteiger partial charge in [0.25, 0.3) is 5.91 Å². The van der Waals surface area contributed by atoms with Gasteiger partial charge in [-0.1, -0.05) is 0 Å². The van der Waals surface area contributed by atoms with Crippen LogP contribution in [0.5, 0.6) is 0 Å². The molecule has 0 saturated heterocycles. The van der Waals surface area contributed by atoms with Crippen LogP contribution in [0.2, 0.25) is 0 Å². The van der Waals surface area contributed by atoms with Crippen LogP contribution in [0.25, 0.3) is 10.2 Å². The van der Waals surface area contributed by atoms with Crippen molar-refractivity contribution in [1.82, 2.24) is 15.3 Å². The Kier molecular flexibility index (Phi) is 3.62. The first-order valence-corrected chi connectivity index (χ1v) is 7.75. The van der Waals surface area contributed by atoms with E-state index in [1.165, 1.54) is 11.3 Å². The van der Waals surface area contributed by atoms with Crippen molar-refractivity contribution in [3.8, 4) is 0 Å². The lowest BCUT2D eigenvalue weighted by Gasteiger charge is -2.02. The Bertz CT molecular complexity index is 736. The zero-order chi connectivity index (χ0) is 13.9. The van der Waals surface area contributed by atoms with Gasteiger partial charge in [0, 0.05) is 36.1 Å². The predicted octanol–water partition coefficient (Wildman–Crippen LogP) is 2.31. The fourth-order valence-corrected chi connectivity index (χ4v) is 3.46. The minimum atomic E-state index is -0.151. The Balaban J connectivity index is 1.71. The first kappa shape index (κ1) is 13.0. The molecule has 3 aromatic rings. The molecule has 1 amide bonds. The number of pyridine rings is 1. The summed E-state index contributed by atoms with van der Waals surface area (Å²) in [5, 5.41) is 6.64. The van der Waals surface area contributed by atoms with Crippen LogP contribution in [-0.4, -0.2) is 22.4 Å². The van der Waals surface area contributed by atoms with Crippen LogP contribution in [0.3, 0.4) is 0 Å². The largest absolute Gasteiger partial charge is 0.397 e. The van der Waals surface area contributed by atoms with Crippen LogP contribution in [-0.2, 0) is 6.42 Å². The monoisotopic (exact) mass is 304 g/mol. The zero-order valence-corrected chi connectivity index (χ0v) is 12.1. The third-order valence-corrected chi connectivity index (χ3v) is 4.79. The van der Waals surface area contributed by atoms with Crippen LogP contribution >= 0.6 is 22.7 Å². The molecule has 3 aromatic heterocycles. The van der Waals surface area contributed by atoms with Crippen molar-refractivity contribution in [2.24, 2.45) is 0 Å². The molecule has 0 saturated carbocycles. The lowest BCUT2D eigenvalue weighted by molar-refractivity contribution is 0.0959. The van der Waals surface area contributed by atoms with Gasteiger partial charge in [-0.2, -0.15) is 0 Å². The normalized spacial score (nSPS) is 10.8. The molecule has 20 heavy (non-hydrogen) atoms. The molecule has 0 bridgehead atoms. The SMILES string of the molecule is Nc1c(C(=O)NCCc2nccs2)sc2ncccc12. The molecule has 5 nitrogen and oxygen atoms in total. The summed E-state index contributed by atoms with van der Waals surface area (Å²) in [5.74, 6) is -0.151. The molecule has 0 spiro atoms. The van der Waals surface area contributed by atoms with Crippen LogP contribution < -0.4 is 11.1 Å². The molecule has 3 N–H and O–H groups in total. The van der Waals surface area contributed by atoms with Crippen molar-refractivity contribution in [3.63, 3.8) is 0 Å². The number of rotatable bonds is 4. The summed E-state index contributed by atoms with van der Waals surface area (Å²) >= 11 is 2.90. The van der Waals surface area contributed by atoms with Gasteiger partial charge in [-0.25, -0.2) is 9.97 Å². The number of nitrogens with two attached hydrogens (primary N) is 1. The van der Waals surface area contributed by atoms with Gasteiger partial charge in [0.2, 0.25) is 0 Å². The fraction of sp³-hybridized carbons (Fsp3) is 0.154. The van der Waals surface area contributed by atoms with Crippen LogP contribution in [0.4, 0.5) is 5.69 Å². The Morgan fingerprint density at radius 1 is 1.35 bits per heavy atom. The minimum Gasteiger partial charge on any atom is -0.397 e. The van der Waals surface area contributed by atoms with E-state index < -0.39 is 0 Å². The third-order valence-electron chi connectivity index (χ3n) is 2.82. The molecular formula is C13H12N4OS2. The molecule has 102 valence electrons. The summed E-state index contributed by atoms with van der Waals surface area (Å²) in [4.78, 5) is 21.8. The molecule has 0 aromatic carbocycles. The number of amides is 1. The molecular weight excluding hydrogens is 292 g/mol. The summed E-state index contributed by atoms with van der Waals surface area (Å²) in [6, 6.07) is 3.69. The van der Waals surface area contributed by atoms with E-state index in [4.69, 9.17) is 5.73 Å². The standard InChI is InChI=1S/C13H12N4OS2/c14-10-8-2-1-4-17-13(8)20-11(10)12(18)16-5-3-9-15-6-7-19-9/h1-2,4,6-7H,3,5,14H2,(H,16,18). The van der Waals surface area contributed by atoms with Crippen LogP contribution in [0.1, 0.15) is 14.7 Å². The Morgan fingerprint density at radius 2 is 2.25 bits per heavy atom. The van der Waals surface area contributed by atoms with Crippen molar-refractivity contribution in [3.05, 3.63) is 39.8 Å². The maximum atomic E-state index is 12.1. The van der Waals surface area contributed by atoms with Crippen LogP contribution in [0, 0.1) is 0 Å². The van der Waals surface area contributed by atoms with Gasteiger partial charge < -0.3 is 11.1 Å². The highest BCUT2D eigenvalue weighted by Gasteiger charge is 2.16. The number of carbonyl (C=O) groups excluding carboxylic acids is 1. The Morgan fingerprint density at radius 3 is 3.00 bits per heavy atom. The second-order valence-electron chi connectivity index (χ2n) is 4.13.